The summed E-state index contributed by atoms with van der Waals surface area (Å²) in [6.45, 7) is 2.10. The molecule has 2 aliphatic heterocycles. The van der Waals surface area contributed by atoms with Crippen LogP contribution < -0.4 is 9.47 Å². The molecular formula is C24H20O3S. The third-order valence-electron chi connectivity index (χ3n) is 5.09. The fourth-order valence-corrected chi connectivity index (χ4v) is 4.81. The van der Waals surface area contributed by atoms with Crippen LogP contribution in [0.4, 0.5) is 0 Å². The van der Waals surface area contributed by atoms with E-state index in [4.69, 9.17) is 14.2 Å². The zero-order valence-electron chi connectivity index (χ0n) is 15.7. The minimum absolute atomic E-state index is 0.0339. The smallest absolute Gasteiger partial charge is 0.252 e. The fourth-order valence-electron chi connectivity index (χ4n) is 3.66. The number of hydrogen-bond donors (Lipinski definition) is 0. The molecule has 4 heteroatoms. The molecule has 2 atom stereocenters. The highest BCUT2D eigenvalue weighted by Gasteiger charge is 2.46. The van der Waals surface area contributed by atoms with E-state index in [1.165, 1.54) is 15.4 Å². The van der Waals surface area contributed by atoms with Gasteiger partial charge >= 0.3 is 0 Å². The maximum Gasteiger partial charge on any atom is 0.252 e. The number of thioether (sulfide) groups is 1. The summed E-state index contributed by atoms with van der Waals surface area (Å²) in [5.74, 6) is 2.63. The van der Waals surface area contributed by atoms with Crippen molar-refractivity contribution >= 4 is 17.5 Å². The van der Waals surface area contributed by atoms with Crippen molar-refractivity contribution in [3.63, 3.8) is 0 Å². The SMILES string of the molecule is COc1ccc2c(c1)C1C(Sc3ccc(C)cc3)=C(c3ccccc3)OC1O2. The van der Waals surface area contributed by atoms with E-state index < -0.39 is 0 Å². The number of rotatable bonds is 4. The lowest BCUT2D eigenvalue weighted by Gasteiger charge is -2.12. The molecule has 0 amide bonds. The third-order valence-corrected chi connectivity index (χ3v) is 6.26. The zero-order chi connectivity index (χ0) is 19.1. The zero-order valence-corrected chi connectivity index (χ0v) is 16.5. The van der Waals surface area contributed by atoms with E-state index in [2.05, 4.69) is 49.4 Å². The Balaban J connectivity index is 1.62. The summed E-state index contributed by atoms with van der Waals surface area (Å²) in [5.41, 5.74) is 3.44. The molecule has 0 N–H and O–H groups in total. The molecule has 3 aromatic rings. The first kappa shape index (κ1) is 17.3. The number of benzene rings is 3. The topological polar surface area (TPSA) is 27.7 Å². The molecule has 140 valence electrons. The van der Waals surface area contributed by atoms with E-state index in [1.54, 1.807) is 18.9 Å². The van der Waals surface area contributed by atoms with Gasteiger partial charge in [-0.15, -0.1) is 0 Å². The monoisotopic (exact) mass is 388 g/mol. The summed E-state index contributed by atoms with van der Waals surface area (Å²) in [4.78, 5) is 2.36. The Bertz CT molecular complexity index is 1040. The van der Waals surface area contributed by atoms with Gasteiger partial charge in [-0.25, -0.2) is 0 Å². The Labute approximate surface area is 168 Å². The van der Waals surface area contributed by atoms with E-state index >= 15 is 0 Å². The lowest BCUT2D eigenvalue weighted by molar-refractivity contribution is 0.00640. The van der Waals surface area contributed by atoms with Crippen LogP contribution in [0.25, 0.3) is 5.76 Å². The van der Waals surface area contributed by atoms with Gasteiger partial charge in [0.05, 0.1) is 13.0 Å². The van der Waals surface area contributed by atoms with Crippen LogP contribution >= 0.6 is 11.8 Å². The number of hydrogen-bond acceptors (Lipinski definition) is 4. The van der Waals surface area contributed by atoms with Crippen molar-refractivity contribution in [2.45, 2.75) is 24.0 Å². The highest BCUT2D eigenvalue weighted by atomic mass is 32.2. The van der Waals surface area contributed by atoms with Crippen LogP contribution in [0, 0.1) is 6.92 Å². The van der Waals surface area contributed by atoms with Crippen molar-refractivity contribution in [3.8, 4) is 11.5 Å². The molecule has 0 bridgehead atoms. The summed E-state index contributed by atoms with van der Waals surface area (Å²) in [6, 6.07) is 24.8. The Morgan fingerprint density at radius 1 is 0.893 bits per heavy atom. The summed E-state index contributed by atoms with van der Waals surface area (Å²) in [5, 5.41) is 0. The standard InChI is InChI=1S/C24H20O3S/c1-15-8-11-18(12-9-15)28-23-21-19-14-17(25-2)10-13-20(19)26-24(21)27-22(23)16-6-4-3-5-7-16/h3-14,21,24H,1-2H3. The minimum atomic E-state index is -0.342. The highest BCUT2D eigenvalue weighted by Crippen LogP contribution is 2.56. The van der Waals surface area contributed by atoms with Gasteiger partial charge in [0, 0.05) is 20.9 Å². The molecule has 0 saturated carbocycles. The quantitative estimate of drug-likeness (QED) is 0.548. The molecule has 28 heavy (non-hydrogen) atoms. The van der Waals surface area contributed by atoms with Crippen molar-refractivity contribution in [1.29, 1.82) is 0 Å². The van der Waals surface area contributed by atoms with Crippen molar-refractivity contribution in [1.82, 2.24) is 0 Å². The Morgan fingerprint density at radius 2 is 1.68 bits per heavy atom. The third kappa shape index (κ3) is 2.94. The summed E-state index contributed by atoms with van der Waals surface area (Å²) >= 11 is 1.75. The Kier molecular flexibility index (Phi) is 4.29. The molecule has 0 aromatic heterocycles. The average Bonchev–Trinajstić information content (AvgIpc) is 3.26. The van der Waals surface area contributed by atoms with Gasteiger partial charge in [0.25, 0.3) is 6.29 Å². The first-order valence-electron chi connectivity index (χ1n) is 9.28. The minimum Gasteiger partial charge on any atom is -0.497 e. The second-order valence-corrected chi connectivity index (χ2v) is 8.08. The lowest BCUT2D eigenvalue weighted by Crippen LogP contribution is -2.16. The van der Waals surface area contributed by atoms with Crippen LogP contribution in [0.2, 0.25) is 0 Å². The van der Waals surface area contributed by atoms with E-state index in [9.17, 15) is 0 Å². The van der Waals surface area contributed by atoms with Crippen molar-refractivity contribution in [3.05, 3.63) is 94.4 Å². The Morgan fingerprint density at radius 3 is 2.43 bits per heavy atom. The molecule has 0 spiro atoms. The second kappa shape index (κ2) is 6.95. The molecule has 0 saturated heterocycles. The van der Waals surface area contributed by atoms with Crippen molar-refractivity contribution in [2.75, 3.05) is 7.11 Å². The van der Waals surface area contributed by atoms with Crippen LogP contribution in [-0.2, 0) is 4.74 Å². The molecule has 0 aliphatic carbocycles. The first-order chi connectivity index (χ1) is 13.7. The van der Waals surface area contributed by atoms with E-state index in [-0.39, 0.29) is 12.2 Å². The number of aryl methyl sites for hydroxylation is 1. The van der Waals surface area contributed by atoms with Crippen molar-refractivity contribution < 1.29 is 14.2 Å². The Hall–Kier alpha value is -2.85. The van der Waals surface area contributed by atoms with E-state index in [0.29, 0.717) is 0 Å². The van der Waals surface area contributed by atoms with Gasteiger partial charge in [-0.1, -0.05) is 59.8 Å². The van der Waals surface area contributed by atoms with Crippen LogP contribution in [0.3, 0.4) is 0 Å². The van der Waals surface area contributed by atoms with Gasteiger partial charge < -0.3 is 14.2 Å². The molecule has 5 rings (SSSR count). The average molecular weight is 388 g/mol. The maximum absolute atomic E-state index is 6.33. The van der Waals surface area contributed by atoms with Crippen LogP contribution in [0.15, 0.2) is 82.6 Å². The summed E-state index contributed by atoms with van der Waals surface area (Å²) in [6.07, 6.45) is -0.342. The molecule has 2 aliphatic rings. The van der Waals surface area contributed by atoms with Crippen LogP contribution in [0.1, 0.15) is 22.6 Å². The molecule has 2 unspecified atom stereocenters. The summed E-state index contributed by atoms with van der Waals surface area (Å²) < 4.78 is 17.9. The molecule has 2 heterocycles. The lowest BCUT2D eigenvalue weighted by atomic mass is 9.99. The molecule has 0 radical (unpaired) electrons. The highest BCUT2D eigenvalue weighted by molar-refractivity contribution is 8.03. The predicted molar refractivity (Wildman–Crippen MR) is 112 cm³/mol. The van der Waals surface area contributed by atoms with Gasteiger partial charge in [-0.05, 0) is 37.3 Å². The van der Waals surface area contributed by atoms with Gasteiger partial charge in [0.1, 0.15) is 17.3 Å². The van der Waals surface area contributed by atoms with Crippen molar-refractivity contribution in [2.24, 2.45) is 0 Å². The molecule has 3 aromatic carbocycles. The number of methoxy groups -OCH3 is 1. The fraction of sp³-hybridized carbons (Fsp3) is 0.167. The van der Waals surface area contributed by atoms with Gasteiger partial charge in [-0.2, -0.15) is 0 Å². The largest absolute Gasteiger partial charge is 0.497 e. The van der Waals surface area contributed by atoms with E-state index in [1.807, 2.05) is 30.3 Å². The summed E-state index contributed by atoms with van der Waals surface area (Å²) in [7, 11) is 1.69. The first-order valence-corrected chi connectivity index (χ1v) is 10.1. The predicted octanol–water partition coefficient (Wildman–Crippen LogP) is 6.00. The maximum atomic E-state index is 6.33. The molecular weight excluding hydrogens is 368 g/mol. The van der Waals surface area contributed by atoms with Gasteiger partial charge in [-0.3, -0.25) is 0 Å². The number of fused-ring (bicyclic) bond motifs is 3. The molecule has 3 nitrogen and oxygen atoms in total. The van der Waals surface area contributed by atoms with Gasteiger partial charge in [0.15, 0.2) is 0 Å². The molecule has 0 fully saturated rings. The van der Waals surface area contributed by atoms with Crippen LogP contribution in [-0.4, -0.2) is 13.4 Å². The number of ether oxygens (including phenoxy) is 3. The van der Waals surface area contributed by atoms with Crippen LogP contribution in [0.5, 0.6) is 11.5 Å². The van der Waals surface area contributed by atoms with Gasteiger partial charge in [0.2, 0.25) is 0 Å². The normalized spacial score (nSPS) is 19.6. The second-order valence-electron chi connectivity index (χ2n) is 6.96. The van der Waals surface area contributed by atoms with E-state index in [0.717, 1.165) is 28.4 Å².